The van der Waals surface area contributed by atoms with Gasteiger partial charge in [0.05, 0.1) is 19.8 Å². The van der Waals surface area contributed by atoms with E-state index in [9.17, 15) is 13.2 Å². The predicted octanol–water partition coefficient (Wildman–Crippen LogP) is 1.99. The Balaban J connectivity index is 1.97. The molecule has 2 rings (SSSR count). The molecule has 1 saturated heterocycles. The Hall–Kier alpha value is -0.660. The summed E-state index contributed by atoms with van der Waals surface area (Å²) < 4.78 is 42.0. The van der Waals surface area contributed by atoms with Gasteiger partial charge < -0.3 is 4.74 Å². The summed E-state index contributed by atoms with van der Waals surface area (Å²) in [4.78, 5) is 5.63. The molecule has 0 atom stereocenters. The maximum atomic E-state index is 12.3. The number of halogens is 3. The van der Waals surface area contributed by atoms with E-state index in [-0.39, 0.29) is 0 Å². The molecular weight excluding hydrogens is 241 g/mol. The van der Waals surface area contributed by atoms with E-state index >= 15 is 0 Å². The van der Waals surface area contributed by atoms with Crippen LogP contribution < -0.4 is 0 Å². The van der Waals surface area contributed by atoms with Gasteiger partial charge in [0.15, 0.2) is 5.69 Å². The molecule has 1 aliphatic heterocycles. The zero-order valence-corrected chi connectivity index (χ0v) is 9.27. The smallest absolute Gasteiger partial charge is 0.379 e. The van der Waals surface area contributed by atoms with Gasteiger partial charge in [-0.05, 0) is 0 Å². The minimum absolute atomic E-state index is 0.476. The summed E-state index contributed by atoms with van der Waals surface area (Å²) in [7, 11) is 0. The maximum absolute atomic E-state index is 12.3. The molecule has 7 heteroatoms. The fraction of sp³-hybridized carbons (Fsp3) is 0.667. The van der Waals surface area contributed by atoms with Crippen LogP contribution in [0.2, 0.25) is 0 Å². The summed E-state index contributed by atoms with van der Waals surface area (Å²) in [5.74, 6) is 0. The molecule has 0 saturated carbocycles. The second-order valence-electron chi connectivity index (χ2n) is 3.51. The zero-order valence-electron chi connectivity index (χ0n) is 8.46. The van der Waals surface area contributed by atoms with E-state index in [1.54, 1.807) is 0 Å². The molecule has 1 aliphatic rings. The number of hydrogen-bond acceptors (Lipinski definition) is 4. The Bertz CT molecular complexity index is 347. The molecule has 0 aliphatic carbocycles. The van der Waals surface area contributed by atoms with Gasteiger partial charge in [-0.3, -0.25) is 4.90 Å². The van der Waals surface area contributed by atoms with Gasteiger partial charge in [0, 0.05) is 18.5 Å². The van der Waals surface area contributed by atoms with Crippen LogP contribution in [0.5, 0.6) is 0 Å². The minimum atomic E-state index is -4.33. The lowest BCUT2D eigenvalue weighted by Crippen LogP contribution is -2.35. The van der Waals surface area contributed by atoms with Gasteiger partial charge in [-0.1, -0.05) is 0 Å². The number of morpholine rings is 1. The number of nitrogens with zero attached hydrogens (tertiary/aromatic N) is 2. The Morgan fingerprint density at radius 2 is 2.06 bits per heavy atom. The minimum Gasteiger partial charge on any atom is -0.379 e. The molecule has 0 bridgehead atoms. The number of thiazole rings is 1. The van der Waals surface area contributed by atoms with E-state index in [2.05, 4.69) is 4.98 Å². The quantitative estimate of drug-likeness (QED) is 0.805. The lowest BCUT2D eigenvalue weighted by Gasteiger charge is -2.25. The third kappa shape index (κ3) is 2.93. The summed E-state index contributed by atoms with van der Waals surface area (Å²) in [6, 6.07) is 0. The van der Waals surface area contributed by atoms with Crippen molar-refractivity contribution in [2.24, 2.45) is 0 Å². The largest absolute Gasteiger partial charge is 0.434 e. The van der Waals surface area contributed by atoms with Gasteiger partial charge in [0.25, 0.3) is 0 Å². The van der Waals surface area contributed by atoms with E-state index in [4.69, 9.17) is 4.74 Å². The number of ether oxygens (including phenoxy) is 1. The second-order valence-corrected chi connectivity index (χ2v) is 4.46. The highest BCUT2D eigenvalue weighted by Crippen LogP contribution is 2.30. The number of alkyl halides is 3. The van der Waals surface area contributed by atoms with Crippen molar-refractivity contribution >= 4 is 11.3 Å². The van der Waals surface area contributed by atoms with Gasteiger partial charge >= 0.3 is 6.18 Å². The average molecular weight is 252 g/mol. The van der Waals surface area contributed by atoms with Crippen LogP contribution in [0, 0.1) is 0 Å². The van der Waals surface area contributed by atoms with Gasteiger partial charge in [0.2, 0.25) is 0 Å². The van der Waals surface area contributed by atoms with E-state index in [0.29, 0.717) is 24.8 Å². The van der Waals surface area contributed by atoms with Gasteiger partial charge in [0.1, 0.15) is 5.01 Å². The van der Waals surface area contributed by atoms with Gasteiger partial charge in [-0.25, -0.2) is 4.98 Å². The van der Waals surface area contributed by atoms with Crippen molar-refractivity contribution in [3.05, 3.63) is 16.1 Å². The van der Waals surface area contributed by atoms with E-state index in [0.717, 1.165) is 29.8 Å². The molecule has 1 fully saturated rings. The topological polar surface area (TPSA) is 25.4 Å². The number of hydrogen-bond donors (Lipinski definition) is 0. The molecule has 0 amide bonds. The van der Waals surface area contributed by atoms with Crippen LogP contribution >= 0.6 is 11.3 Å². The standard InChI is InChI=1S/C9H11F3N2OS/c10-9(11,12)7-6-16-8(13-7)5-14-1-3-15-4-2-14/h6H,1-5H2. The first-order valence-corrected chi connectivity index (χ1v) is 5.75. The fourth-order valence-corrected chi connectivity index (χ4v) is 2.31. The lowest BCUT2D eigenvalue weighted by molar-refractivity contribution is -0.140. The summed E-state index contributed by atoms with van der Waals surface area (Å²) in [5.41, 5.74) is -0.791. The van der Waals surface area contributed by atoms with Crippen molar-refractivity contribution in [2.45, 2.75) is 12.7 Å². The summed E-state index contributed by atoms with van der Waals surface area (Å²) in [5, 5.41) is 1.57. The van der Waals surface area contributed by atoms with Crippen molar-refractivity contribution in [1.29, 1.82) is 0 Å². The SMILES string of the molecule is FC(F)(F)c1csc(CN2CCOCC2)n1. The first-order chi connectivity index (χ1) is 7.55. The molecule has 2 heterocycles. The van der Waals surface area contributed by atoms with Crippen molar-refractivity contribution in [1.82, 2.24) is 9.88 Å². The lowest BCUT2D eigenvalue weighted by atomic mass is 10.4. The molecular formula is C9H11F3N2OS. The van der Waals surface area contributed by atoms with Crippen molar-refractivity contribution in [3.8, 4) is 0 Å². The fourth-order valence-electron chi connectivity index (χ4n) is 1.46. The third-order valence-corrected chi connectivity index (χ3v) is 3.14. The maximum Gasteiger partial charge on any atom is 0.434 e. The molecule has 16 heavy (non-hydrogen) atoms. The first-order valence-electron chi connectivity index (χ1n) is 4.87. The van der Waals surface area contributed by atoms with Crippen LogP contribution in [0.15, 0.2) is 5.38 Å². The van der Waals surface area contributed by atoms with E-state index in [1.165, 1.54) is 0 Å². The molecule has 0 aromatic carbocycles. The van der Waals surface area contributed by atoms with E-state index in [1.807, 2.05) is 4.90 Å². The second kappa shape index (κ2) is 4.68. The van der Waals surface area contributed by atoms with Crippen molar-refractivity contribution in [2.75, 3.05) is 26.3 Å². The van der Waals surface area contributed by atoms with E-state index < -0.39 is 11.9 Å². The molecule has 0 unspecified atom stereocenters. The Kier molecular flexibility index (Phi) is 3.46. The summed E-state index contributed by atoms with van der Waals surface area (Å²) >= 11 is 1.06. The van der Waals surface area contributed by atoms with Crippen molar-refractivity contribution in [3.63, 3.8) is 0 Å². The highest BCUT2D eigenvalue weighted by Gasteiger charge is 2.33. The molecule has 0 radical (unpaired) electrons. The van der Waals surface area contributed by atoms with Crippen LogP contribution in [0.1, 0.15) is 10.7 Å². The van der Waals surface area contributed by atoms with Gasteiger partial charge in [-0.15, -0.1) is 11.3 Å². The van der Waals surface area contributed by atoms with Gasteiger partial charge in [-0.2, -0.15) is 13.2 Å². The van der Waals surface area contributed by atoms with Crippen LogP contribution in [0.3, 0.4) is 0 Å². The molecule has 1 aromatic heterocycles. The van der Waals surface area contributed by atoms with Crippen LogP contribution in [-0.2, 0) is 17.5 Å². The monoisotopic (exact) mass is 252 g/mol. The Morgan fingerprint density at radius 3 is 2.62 bits per heavy atom. The Morgan fingerprint density at radius 1 is 1.38 bits per heavy atom. The molecule has 0 N–H and O–H groups in total. The highest BCUT2D eigenvalue weighted by molar-refractivity contribution is 7.09. The zero-order chi connectivity index (χ0) is 11.6. The van der Waals surface area contributed by atoms with Crippen molar-refractivity contribution < 1.29 is 17.9 Å². The summed E-state index contributed by atoms with van der Waals surface area (Å²) in [6.07, 6.45) is -4.33. The Labute approximate surface area is 94.8 Å². The number of aromatic nitrogens is 1. The first kappa shape index (κ1) is 11.8. The average Bonchev–Trinajstić information content (AvgIpc) is 2.67. The summed E-state index contributed by atoms with van der Waals surface area (Å²) in [6.45, 7) is 3.25. The van der Waals surface area contributed by atoms with Crippen LogP contribution in [0.25, 0.3) is 0 Å². The molecule has 1 aromatic rings. The molecule has 0 spiro atoms. The predicted molar refractivity (Wildman–Crippen MR) is 53.2 cm³/mol. The highest BCUT2D eigenvalue weighted by atomic mass is 32.1. The number of rotatable bonds is 2. The van der Waals surface area contributed by atoms with Crippen LogP contribution in [-0.4, -0.2) is 36.2 Å². The van der Waals surface area contributed by atoms with Crippen LogP contribution in [0.4, 0.5) is 13.2 Å². The molecule has 3 nitrogen and oxygen atoms in total. The normalized spacial score (nSPS) is 18.9. The third-order valence-electron chi connectivity index (χ3n) is 2.30. The molecule has 90 valence electrons.